The Bertz CT molecular complexity index is 401. The summed E-state index contributed by atoms with van der Waals surface area (Å²) < 4.78 is 5.41. The van der Waals surface area contributed by atoms with E-state index < -0.39 is 0 Å². The number of nitrogens with zero attached hydrogens (tertiary/aromatic N) is 1. The zero-order chi connectivity index (χ0) is 13.4. The number of halogens is 1. The van der Waals surface area contributed by atoms with Crippen LogP contribution in [0.2, 0.25) is 0 Å². The monoisotopic (exact) mass is 289 g/mol. The van der Waals surface area contributed by atoms with Gasteiger partial charge in [0.1, 0.15) is 0 Å². The van der Waals surface area contributed by atoms with Crippen LogP contribution in [-0.4, -0.2) is 23.2 Å². The molecule has 0 aliphatic carbocycles. The quantitative estimate of drug-likeness (QED) is 0.238. The summed E-state index contributed by atoms with van der Waals surface area (Å²) >= 11 is 7.04. The van der Waals surface area contributed by atoms with Gasteiger partial charge in [-0.2, -0.15) is 0 Å². The van der Waals surface area contributed by atoms with E-state index in [1.165, 1.54) is 11.8 Å². The highest BCUT2D eigenvalue weighted by Gasteiger charge is 2.20. The maximum absolute atomic E-state index is 11.1. The zero-order valence-electron chi connectivity index (χ0n) is 10.2. The fourth-order valence-electron chi connectivity index (χ4n) is 1.36. The van der Waals surface area contributed by atoms with Crippen LogP contribution in [0.15, 0.2) is 23.1 Å². The lowest BCUT2D eigenvalue weighted by Crippen LogP contribution is -2.00. The summed E-state index contributed by atoms with van der Waals surface area (Å²) in [6.45, 7) is 2.45. The maximum Gasteiger partial charge on any atom is 0.324 e. The normalized spacial score (nSPS) is 10.3. The molecule has 0 heterocycles. The third kappa shape index (κ3) is 4.38. The van der Waals surface area contributed by atoms with Crippen molar-refractivity contribution < 1.29 is 9.66 Å². The van der Waals surface area contributed by atoms with Crippen LogP contribution in [0.25, 0.3) is 0 Å². The van der Waals surface area contributed by atoms with E-state index in [1.54, 1.807) is 18.2 Å². The van der Waals surface area contributed by atoms with E-state index in [-0.39, 0.29) is 10.6 Å². The second-order valence-electron chi connectivity index (χ2n) is 3.60. The number of alkyl halides is 1. The molecule has 0 aromatic heterocycles. The van der Waals surface area contributed by atoms with Gasteiger partial charge in [-0.1, -0.05) is 13.0 Å². The minimum atomic E-state index is -0.381. The van der Waals surface area contributed by atoms with Crippen molar-refractivity contribution in [1.82, 2.24) is 0 Å². The highest BCUT2D eigenvalue weighted by molar-refractivity contribution is 7.99. The molecule has 0 unspecified atom stereocenters. The molecule has 1 rings (SSSR count). The standard InChI is InChI=1S/C12H16ClNO3S/c1-2-8-17-10-5-3-6-11(12(10)14(15)16)18-9-4-7-13/h3,5-6H,2,4,7-9H2,1H3. The summed E-state index contributed by atoms with van der Waals surface area (Å²) in [6, 6.07) is 5.16. The van der Waals surface area contributed by atoms with E-state index in [0.29, 0.717) is 23.1 Å². The van der Waals surface area contributed by atoms with E-state index in [9.17, 15) is 10.1 Å². The molecule has 0 fully saturated rings. The molecule has 0 bridgehead atoms. The van der Waals surface area contributed by atoms with Gasteiger partial charge in [0.05, 0.1) is 16.4 Å². The van der Waals surface area contributed by atoms with Crippen LogP contribution in [0, 0.1) is 10.1 Å². The molecular weight excluding hydrogens is 274 g/mol. The van der Waals surface area contributed by atoms with Crippen molar-refractivity contribution in [3.05, 3.63) is 28.3 Å². The number of para-hydroxylation sites is 1. The third-order valence-electron chi connectivity index (χ3n) is 2.14. The van der Waals surface area contributed by atoms with E-state index >= 15 is 0 Å². The predicted octanol–water partition coefficient (Wildman–Crippen LogP) is 4.10. The number of nitro benzene ring substituents is 1. The number of ether oxygens (including phenoxy) is 1. The van der Waals surface area contributed by atoms with E-state index in [2.05, 4.69) is 0 Å². The van der Waals surface area contributed by atoms with Gasteiger partial charge in [0.25, 0.3) is 0 Å². The highest BCUT2D eigenvalue weighted by atomic mass is 35.5. The Morgan fingerprint density at radius 1 is 1.50 bits per heavy atom. The molecule has 1 aromatic rings. The summed E-state index contributed by atoms with van der Waals surface area (Å²) in [5.74, 6) is 1.67. The molecule has 0 aliphatic rings. The first-order valence-corrected chi connectivity index (χ1v) is 7.31. The van der Waals surface area contributed by atoms with Gasteiger partial charge >= 0.3 is 5.69 Å². The Hall–Kier alpha value is -0.940. The number of nitro groups is 1. The van der Waals surface area contributed by atoms with Gasteiger partial charge in [0, 0.05) is 5.88 Å². The molecule has 0 spiro atoms. The van der Waals surface area contributed by atoms with Crippen molar-refractivity contribution in [2.75, 3.05) is 18.2 Å². The zero-order valence-corrected chi connectivity index (χ0v) is 11.8. The Balaban J connectivity index is 2.90. The molecule has 18 heavy (non-hydrogen) atoms. The summed E-state index contributed by atoms with van der Waals surface area (Å²) in [6.07, 6.45) is 1.64. The number of hydrogen-bond donors (Lipinski definition) is 0. The van der Waals surface area contributed by atoms with E-state index in [0.717, 1.165) is 18.6 Å². The molecule has 0 aliphatic heterocycles. The third-order valence-corrected chi connectivity index (χ3v) is 3.54. The van der Waals surface area contributed by atoms with Crippen molar-refractivity contribution in [1.29, 1.82) is 0 Å². The van der Waals surface area contributed by atoms with Gasteiger partial charge in [0.15, 0.2) is 5.75 Å². The molecule has 0 radical (unpaired) electrons. The summed E-state index contributed by atoms with van der Waals surface area (Å²) in [7, 11) is 0. The molecule has 0 saturated heterocycles. The highest BCUT2D eigenvalue weighted by Crippen LogP contribution is 2.37. The van der Waals surface area contributed by atoms with Crippen molar-refractivity contribution in [3.63, 3.8) is 0 Å². The SMILES string of the molecule is CCCOc1cccc(SCCCCl)c1[N+](=O)[O-]. The van der Waals surface area contributed by atoms with Crippen molar-refractivity contribution in [3.8, 4) is 5.75 Å². The van der Waals surface area contributed by atoms with Gasteiger partial charge in [-0.3, -0.25) is 10.1 Å². The predicted molar refractivity (Wildman–Crippen MR) is 74.9 cm³/mol. The minimum absolute atomic E-state index is 0.0607. The van der Waals surface area contributed by atoms with Gasteiger partial charge < -0.3 is 4.74 Å². The second kappa shape index (κ2) is 8.21. The lowest BCUT2D eigenvalue weighted by Gasteiger charge is -2.08. The summed E-state index contributed by atoms with van der Waals surface area (Å²) in [5.41, 5.74) is 0.0607. The van der Waals surface area contributed by atoms with Gasteiger partial charge in [0.2, 0.25) is 0 Å². The fraction of sp³-hybridized carbons (Fsp3) is 0.500. The maximum atomic E-state index is 11.1. The number of rotatable bonds is 8. The van der Waals surface area contributed by atoms with Crippen molar-refractivity contribution in [2.24, 2.45) is 0 Å². The Morgan fingerprint density at radius 3 is 2.89 bits per heavy atom. The van der Waals surface area contributed by atoms with Gasteiger partial charge in [-0.25, -0.2) is 0 Å². The van der Waals surface area contributed by atoms with Crippen LogP contribution < -0.4 is 4.74 Å². The Kier molecular flexibility index (Phi) is 6.90. The topological polar surface area (TPSA) is 52.4 Å². The van der Waals surface area contributed by atoms with Gasteiger partial charge in [-0.15, -0.1) is 23.4 Å². The number of benzene rings is 1. The Labute approximate surface area is 116 Å². The fourth-order valence-corrected chi connectivity index (χ4v) is 2.65. The molecule has 0 N–H and O–H groups in total. The number of thioether (sulfide) groups is 1. The average Bonchev–Trinajstić information content (AvgIpc) is 2.36. The van der Waals surface area contributed by atoms with E-state index in [4.69, 9.17) is 16.3 Å². The molecule has 6 heteroatoms. The molecule has 4 nitrogen and oxygen atoms in total. The largest absolute Gasteiger partial charge is 0.487 e. The van der Waals surface area contributed by atoms with Gasteiger partial charge in [-0.05, 0) is 30.7 Å². The van der Waals surface area contributed by atoms with Crippen LogP contribution in [-0.2, 0) is 0 Å². The summed E-state index contributed by atoms with van der Waals surface area (Å²) in [4.78, 5) is 11.4. The van der Waals surface area contributed by atoms with Crippen LogP contribution in [0.1, 0.15) is 19.8 Å². The molecule has 0 saturated carbocycles. The molecule has 0 atom stereocenters. The first-order chi connectivity index (χ1) is 8.70. The van der Waals surface area contributed by atoms with Crippen LogP contribution in [0.4, 0.5) is 5.69 Å². The first kappa shape index (κ1) is 15.1. The van der Waals surface area contributed by atoms with Crippen molar-refractivity contribution >= 4 is 29.1 Å². The lowest BCUT2D eigenvalue weighted by molar-refractivity contribution is -0.388. The minimum Gasteiger partial charge on any atom is -0.487 e. The smallest absolute Gasteiger partial charge is 0.324 e. The average molecular weight is 290 g/mol. The lowest BCUT2D eigenvalue weighted by atomic mass is 10.3. The molecule has 1 aromatic carbocycles. The second-order valence-corrected chi connectivity index (χ2v) is 5.11. The summed E-state index contributed by atoms with van der Waals surface area (Å²) in [5, 5.41) is 11.1. The molecular formula is C12H16ClNO3S. The molecule has 0 amide bonds. The van der Waals surface area contributed by atoms with Crippen molar-refractivity contribution in [2.45, 2.75) is 24.7 Å². The molecule has 100 valence electrons. The van der Waals surface area contributed by atoms with Crippen LogP contribution in [0.5, 0.6) is 5.75 Å². The van der Waals surface area contributed by atoms with Crippen LogP contribution >= 0.6 is 23.4 Å². The van der Waals surface area contributed by atoms with Crippen LogP contribution in [0.3, 0.4) is 0 Å². The first-order valence-electron chi connectivity index (χ1n) is 5.79. The number of hydrogen-bond acceptors (Lipinski definition) is 4. The van der Waals surface area contributed by atoms with E-state index in [1.807, 2.05) is 6.92 Å². The Morgan fingerprint density at radius 2 is 2.28 bits per heavy atom.